The summed E-state index contributed by atoms with van der Waals surface area (Å²) in [4.78, 5) is 24.6. The molecule has 1 fully saturated rings. The largest absolute Gasteiger partial charge is 0.497 e. The predicted molar refractivity (Wildman–Crippen MR) is 126 cm³/mol. The number of aliphatic imine (C=N–C) groups is 2. The summed E-state index contributed by atoms with van der Waals surface area (Å²) in [6.07, 6.45) is 3.42. The fourth-order valence-corrected chi connectivity index (χ4v) is 4.45. The van der Waals surface area contributed by atoms with Crippen molar-refractivity contribution >= 4 is 34.2 Å². The van der Waals surface area contributed by atoms with E-state index < -0.39 is 5.66 Å². The maximum absolute atomic E-state index is 12.9. The summed E-state index contributed by atoms with van der Waals surface area (Å²) in [5.74, 6) is 1.23. The average molecular weight is 439 g/mol. The van der Waals surface area contributed by atoms with Gasteiger partial charge in [0.2, 0.25) is 0 Å². The van der Waals surface area contributed by atoms with E-state index in [2.05, 4.69) is 17.4 Å². The molecule has 1 N–H and O–H groups in total. The number of anilines is 1. The zero-order valence-corrected chi connectivity index (χ0v) is 18.7. The van der Waals surface area contributed by atoms with Crippen LogP contribution in [0.5, 0.6) is 11.5 Å². The van der Waals surface area contributed by atoms with Crippen LogP contribution in [-0.2, 0) is 0 Å². The van der Waals surface area contributed by atoms with Gasteiger partial charge in [0.1, 0.15) is 16.5 Å². The van der Waals surface area contributed by atoms with Crippen LogP contribution >= 0.6 is 11.8 Å². The van der Waals surface area contributed by atoms with Crippen LogP contribution in [0.25, 0.3) is 0 Å². The second-order valence-electron chi connectivity index (χ2n) is 7.41. The highest BCUT2D eigenvalue weighted by Crippen LogP contribution is 2.36. The van der Waals surface area contributed by atoms with Crippen molar-refractivity contribution in [3.63, 3.8) is 0 Å². The molecule has 0 aliphatic carbocycles. The molecule has 4 rings (SSSR count). The smallest absolute Gasteiger partial charge is 0.321 e. The zero-order chi connectivity index (χ0) is 21.8. The zero-order valence-electron chi connectivity index (χ0n) is 17.9. The Hall–Kier alpha value is -3.00. The van der Waals surface area contributed by atoms with Crippen LogP contribution in [0, 0.1) is 0 Å². The predicted octanol–water partition coefficient (Wildman–Crippen LogP) is 4.29. The molecule has 2 aromatic rings. The average Bonchev–Trinajstić information content (AvgIpc) is 3.18. The molecule has 2 heterocycles. The number of thioether (sulfide) groups is 1. The minimum absolute atomic E-state index is 0.155. The number of likely N-dealkylation sites (tertiary alicyclic amines) is 1. The molecular weight excluding hydrogens is 412 g/mol. The third-order valence-electron chi connectivity index (χ3n) is 5.57. The van der Waals surface area contributed by atoms with Crippen LogP contribution in [-0.4, -0.2) is 60.9 Å². The van der Waals surface area contributed by atoms with Gasteiger partial charge < -0.3 is 19.7 Å². The van der Waals surface area contributed by atoms with Crippen LogP contribution in [0.1, 0.15) is 18.4 Å². The highest BCUT2D eigenvalue weighted by molar-refractivity contribution is 8.15. The summed E-state index contributed by atoms with van der Waals surface area (Å²) in [7, 11) is 3.16. The lowest BCUT2D eigenvalue weighted by molar-refractivity contribution is 0.175. The second-order valence-corrected chi connectivity index (χ2v) is 8.21. The molecule has 1 spiro atoms. The highest BCUT2D eigenvalue weighted by Gasteiger charge is 2.40. The van der Waals surface area contributed by atoms with E-state index in [1.54, 1.807) is 49.1 Å². The summed E-state index contributed by atoms with van der Waals surface area (Å²) >= 11 is 1.62. The quantitative estimate of drug-likeness (QED) is 0.773. The van der Waals surface area contributed by atoms with Crippen LogP contribution < -0.4 is 14.8 Å². The number of nitrogens with zero attached hydrogens (tertiary/aromatic N) is 3. The monoisotopic (exact) mass is 438 g/mol. The Balaban J connectivity index is 1.45. The summed E-state index contributed by atoms with van der Waals surface area (Å²) in [6, 6.07) is 15.3. The van der Waals surface area contributed by atoms with Gasteiger partial charge >= 0.3 is 6.03 Å². The maximum Gasteiger partial charge on any atom is 0.321 e. The van der Waals surface area contributed by atoms with Crippen molar-refractivity contribution in [3.8, 4) is 11.5 Å². The maximum atomic E-state index is 12.9. The highest BCUT2D eigenvalue weighted by atomic mass is 32.2. The van der Waals surface area contributed by atoms with Crippen LogP contribution in [0.15, 0.2) is 58.5 Å². The van der Waals surface area contributed by atoms with Gasteiger partial charge in [-0.2, -0.15) is 0 Å². The van der Waals surface area contributed by atoms with E-state index in [4.69, 9.17) is 19.5 Å². The Morgan fingerprint density at radius 1 is 1.06 bits per heavy atom. The fraction of sp³-hybridized carbons (Fsp3) is 0.348. The van der Waals surface area contributed by atoms with E-state index in [-0.39, 0.29) is 6.03 Å². The van der Waals surface area contributed by atoms with Crippen molar-refractivity contribution in [1.82, 2.24) is 4.90 Å². The van der Waals surface area contributed by atoms with Gasteiger partial charge in [0, 0.05) is 37.6 Å². The SMILES string of the molecule is COc1ccc(NC(=O)N2CCC3(CC2)N=C(SC)C(c2ccccc2)=N3)c(OC)c1. The third-order valence-corrected chi connectivity index (χ3v) is 6.25. The number of carbonyl (C=O) groups is 1. The van der Waals surface area contributed by atoms with E-state index in [1.807, 2.05) is 24.5 Å². The number of piperidine rings is 1. The molecule has 0 aromatic heterocycles. The summed E-state index contributed by atoms with van der Waals surface area (Å²) in [5, 5.41) is 3.91. The molecule has 2 aromatic carbocycles. The van der Waals surface area contributed by atoms with Gasteiger partial charge in [-0.3, -0.25) is 4.99 Å². The molecule has 0 atom stereocenters. The first-order chi connectivity index (χ1) is 15.1. The van der Waals surface area contributed by atoms with Crippen molar-refractivity contribution in [2.75, 3.05) is 38.9 Å². The van der Waals surface area contributed by atoms with Gasteiger partial charge in [0.15, 0.2) is 5.66 Å². The molecule has 162 valence electrons. The molecule has 0 bridgehead atoms. The molecule has 2 amide bonds. The van der Waals surface area contributed by atoms with Gasteiger partial charge in [-0.25, -0.2) is 9.79 Å². The molecule has 0 radical (unpaired) electrons. The number of nitrogens with one attached hydrogen (secondary N) is 1. The Labute approximate surface area is 186 Å². The molecular formula is C23H26N4O3S. The molecule has 2 aliphatic rings. The van der Waals surface area contributed by atoms with Crippen molar-refractivity contribution < 1.29 is 14.3 Å². The molecule has 0 unspecified atom stereocenters. The van der Waals surface area contributed by atoms with Gasteiger partial charge in [-0.15, -0.1) is 11.8 Å². The van der Waals surface area contributed by atoms with E-state index in [0.717, 1.165) is 16.3 Å². The lowest BCUT2D eigenvalue weighted by Crippen LogP contribution is -2.46. The van der Waals surface area contributed by atoms with Crippen LogP contribution in [0.4, 0.5) is 10.5 Å². The Morgan fingerprint density at radius 2 is 1.81 bits per heavy atom. The lowest BCUT2D eigenvalue weighted by atomic mass is 9.98. The number of benzene rings is 2. The van der Waals surface area contributed by atoms with Crippen molar-refractivity contribution in [1.29, 1.82) is 0 Å². The molecule has 1 saturated heterocycles. The number of rotatable bonds is 4. The number of hydrogen-bond donors (Lipinski definition) is 1. The van der Waals surface area contributed by atoms with E-state index in [1.165, 1.54) is 0 Å². The Bertz CT molecular complexity index is 1010. The third kappa shape index (κ3) is 4.39. The number of amides is 2. The van der Waals surface area contributed by atoms with Crippen molar-refractivity contribution in [2.24, 2.45) is 9.98 Å². The fourth-order valence-electron chi connectivity index (χ4n) is 3.84. The first-order valence-electron chi connectivity index (χ1n) is 10.1. The number of ether oxygens (including phenoxy) is 2. The summed E-state index contributed by atoms with van der Waals surface area (Å²) in [5.41, 5.74) is 2.17. The molecule has 7 nitrogen and oxygen atoms in total. The normalized spacial score (nSPS) is 17.2. The number of urea groups is 1. The van der Waals surface area contributed by atoms with E-state index in [9.17, 15) is 4.79 Å². The number of hydrogen-bond acceptors (Lipinski definition) is 6. The van der Waals surface area contributed by atoms with Crippen LogP contribution in [0.2, 0.25) is 0 Å². The van der Waals surface area contributed by atoms with Gasteiger partial charge in [0.05, 0.1) is 25.6 Å². The van der Waals surface area contributed by atoms with Gasteiger partial charge in [-0.05, 0) is 18.4 Å². The standard InChI is InChI=1S/C23H26N4O3S/c1-29-17-9-10-18(19(15-17)30-2)24-22(28)27-13-11-23(12-14-27)25-20(21(26-23)31-3)16-7-5-4-6-8-16/h4-10,15H,11-14H2,1-3H3,(H,24,28). The first-order valence-corrected chi connectivity index (χ1v) is 11.4. The first kappa shape index (κ1) is 21.2. The second kappa shape index (κ2) is 9.01. The summed E-state index contributed by atoms with van der Waals surface area (Å²) in [6.45, 7) is 1.17. The molecule has 2 aliphatic heterocycles. The number of methoxy groups -OCH3 is 2. The van der Waals surface area contributed by atoms with E-state index >= 15 is 0 Å². The van der Waals surface area contributed by atoms with Gasteiger partial charge in [0.25, 0.3) is 0 Å². The number of carbonyl (C=O) groups excluding carboxylic acids is 1. The summed E-state index contributed by atoms with van der Waals surface area (Å²) < 4.78 is 10.6. The van der Waals surface area contributed by atoms with E-state index in [0.29, 0.717) is 43.1 Å². The minimum Gasteiger partial charge on any atom is -0.497 e. The lowest BCUT2D eigenvalue weighted by Gasteiger charge is -2.35. The van der Waals surface area contributed by atoms with Gasteiger partial charge in [-0.1, -0.05) is 30.3 Å². The molecule has 0 saturated carbocycles. The Morgan fingerprint density at radius 3 is 2.45 bits per heavy atom. The topological polar surface area (TPSA) is 75.5 Å². The van der Waals surface area contributed by atoms with Crippen molar-refractivity contribution in [2.45, 2.75) is 18.5 Å². The Kier molecular flexibility index (Phi) is 6.18. The van der Waals surface area contributed by atoms with Crippen molar-refractivity contribution in [3.05, 3.63) is 54.1 Å². The molecule has 31 heavy (non-hydrogen) atoms. The molecule has 8 heteroatoms. The minimum atomic E-state index is -0.474. The van der Waals surface area contributed by atoms with Crippen LogP contribution in [0.3, 0.4) is 0 Å².